The zero-order valence-electron chi connectivity index (χ0n) is 17.8. The van der Waals surface area contributed by atoms with E-state index in [0.717, 1.165) is 49.1 Å². The van der Waals surface area contributed by atoms with Gasteiger partial charge in [0.05, 0.1) is 14.2 Å². The molecular formula is C22H33IN4O2. The maximum Gasteiger partial charge on any atom is 0.191 e. The summed E-state index contributed by atoms with van der Waals surface area (Å²) in [5, 5.41) is 6.70. The molecule has 0 amide bonds. The second-order valence-electron chi connectivity index (χ2n) is 6.61. The van der Waals surface area contributed by atoms with Gasteiger partial charge in [-0.05, 0) is 37.7 Å². The van der Waals surface area contributed by atoms with Crippen LogP contribution in [-0.2, 0) is 13.1 Å². The fraction of sp³-hybridized carbons (Fsp3) is 0.409. The maximum absolute atomic E-state index is 5.44. The highest BCUT2D eigenvalue weighted by atomic mass is 127. The zero-order chi connectivity index (χ0) is 20.2. The second-order valence-corrected chi connectivity index (χ2v) is 6.61. The van der Waals surface area contributed by atoms with Gasteiger partial charge in [-0.2, -0.15) is 0 Å². The van der Waals surface area contributed by atoms with Gasteiger partial charge in [-0.25, -0.2) is 0 Å². The smallest absolute Gasteiger partial charge is 0.191 e. The SMILES string of the molecule is CN=C(NCCCN(C)Cc1ccccc1)NCc1ccc(OC)cc1OC.I. The van der Waals surface area contributed by atoms with Gasteiger partial charge in [0.25, 0.3) is 0 Å². The Balaban J connectivity index is 0.00000420. The third kappa shape index (κ3) is 8.91. The first kappa shape index (κ1) is 25.0. The van der Waals surface area contributed by atoms with Crippen molar-refractivity contribution in [2.75, 3.05) is 41.4 Å². The van der Waals surface area contributed by atoms with Gasteiger partial charge in [0.1, 0.15) is 11.5 Å². The fourth-order valence-electron chi connectivity index (χ4n) is 2.93. The van der Waals surface area contributed by atoms with E-state index in [9.17, 15) is 0 Å². The first-order valence-electron chi connectivity index (χ1n) is 9.54. The van der Waals surface area contributed by atoms with E-state index >= 15 is 0 Å². The number of nitrogens with zero attached hydrogens (tertiary/aromatic N) is 2. The number of hydrogen-bond acceptors (Lipinski definition) is 4. The number of guanidine groups is 1. The minimum absolute atomic E-state index is 0. The molecule has 0 atom stereocenters. The van der Waals surface area contributed by atoms with E-state index in [1.165, 1.54) is 5.56 Å². The minimum atomic E-state index is 0. The minimum Gasteiger partial charge on any atom is -0.497 e. The third-order valence-electron chi connectivity index (χ3n) is 4.47. The lowest BCUT2D eigenvalue weighted by atomic mass is 10.2. The number of hydrogen-bond donors (Lipinski definition) is 2. The molecule has 0 fully saturated rings. The van der Waals surface area contributed by atoms with Crippen LogP contribution in [0, 0.1) is 0 Å². The molecule has 0 heterocycles. The summed E-state index contributed by atoms with van der Waals surface area (Å²) in [6.07, 6.45) is 1.04. The maximum atomic E-state index is 5.44. The highest BCUT2D eigenvalue weighted by molar-refractivity contribution is 14.0. The standard InChI is InChI=1S/C22H32N4O2.HI/c1-23-22(25-16-19-11-12-20(27-3)15-21(19)28-4)24-13-8-14-26(2)17-18-9-6-5-7-10-18;/h5-7,9-12,15H,8,13-14,16-17H2,1-4H3,(H2,23,24,25);1H. The van der Waals surface area contributed by atoms with E-state index in [1.807, 2.05) is 24.3 Å². The molecule has 0 unspecified atom stereocenters. The van der Waals surface area contributed by atoms with Gasteiger partial charge in [-0.1, -0.05) is 30.3 Å². The normalized spacial score (nSPS) is 11.0. The molecule has 2 aromatic rings. The van der Waals surface area contributed by atoms with Crippen molar-refractivity contribution in [1.82, 2.24) is 15.5 Å². The van der Waals surface area contributed by atoms with E-state index in [0.29, 0.717) is 6.54 Å². The van der Waals surface area contributed by atoms with Crippen molar-refractivity contribution in [3.05, 3.63) is 59.7 Å². The molecule has 2 rings (SSSR count). The average molecular weight is 512 g/mol. The molecule has 0 aliphatic rings. The number of aliphatic imine (C=N–C) groups is 1. The average Bonchev–Trinajstić information content (AvgIpc) is 2.73. The lowest BCUT2D eigenvalue weighted by Gasteiger charge is -2.18. The summed E-state index contributed by atoms with van der Waals surface area (Å²) >= 11 is 0. The Morgan fingerprint density at radius 1 is 1.03 bits per heavy atom. The third-order valence-corrected chi connectivity index (χ3v) is 4.47. The predicted octanol–water partition coefficient (Wildman–Crippen LogP) is 3.51. The fourth-order valence-corrected chi connectivity index (χ4v) is 2.93. The molecular weight excluding hydrogens is 479 g/mol. The van der Waals surface area contributed by atoms with Crippen LogP contribution in [0.15, 0.2) is 53.5 Å². The molecule has 0 aliphatic heterocycles. The van der Waals surface area contributed by atoms with Gasteiger partial charge in [0.2, 0.25) is 0 Å². The van der Waals surface area contributed by atoms with Crippen LogP contribution in [0.4, 0.5) is 0 Å². The zero-order valence-corrected chi connectivity index (χ0v) is 20.1. The monoisotopic (exact) mass is 512 g/mol. The van der Waals surface area contributed by atoms with Crippen LogP contribution in [0.3, 0.4) is 0 Å². The molecule has 7 heteroatoms. The van der Waals surface area contributed by atoms with Crippen LogP contribution >= 0.6 is 24.0 Å². The van der Waals surface area contributed by atoms with Gasteiger partial charge in [0.15, 0.2) is 5.96 Å². The molecule has 160 valence electrons. The molecule has 0 saturated heterocycles. The molecule has 2 aromatic carbocycles. The van der Waals surface area contributed by atoms with Crippen LogP contribution in [0.25, 0.3) is 0 Å². The summed E-state index contributed by atoms with van der Waals surface area (Å²) in [4.78, 5) is 6.62. The number of halogens is 1. The van der Waals surface area contributed by atoms with Crippen molar-refractivity contribution in [2.24, 2.45) is 4.99 Å². The Kier molecular flexibility index (Phi) is 12.1. The Bertz CT molecular complexity index is 741. The molecule has 0 aliphatic carbocycles. The molecule has 0 aromatic heterocycles. The van der Waals surface area contributed by atoms with E-state index in [1.54, 1.807) is 21.3 Å². The van der Waals surface area contributed by atoms with Gasteiger partial charge >= 0.3 is 0 Å². The second kappa shape index (κ2) is 14.1. The van der Waals surface area contributed by atoms with Crippen LogP contribution < -0.4 is 20.1 Å². The van der Waals surface area contributed by atoms with Gasteiger partial charge < -0.3 is 25.0 Å². The van der Waals surface area contributed by atoms with E-state index in [-0.39, 0.29) is 24.0 Å². The molecule has 0 spiro atoms. The Morgan fingerprint density at radius 2 is 1.79 bits per heavy atom. The Labute approximate surface area is 191 Å². The molecule has 6 nitrogen and oxygen atoms in total. The molecule has 0 bridgehead atoms. The van der Waals surface area contributed by atoms with Gasteiger partial charge in [-0.3, -0.25) is 4.99 Å². The summed E-state index contributed by atoms with van der Waals surface area (Å²) in [5.41, 5.74) is 2.39. The quantitative estimate of drug-likeness (QED) is 0.221. The van der Waals surface area contributed by atoms with Gasteiger partial charge in [0, 0.05) is 38.3 Å². The number of methoxy groups -OCH3 is 2. The van der Waals surface area contributed by atoms with E-state index < -0.39 is 0 Å². The van der Waals surface area contributed by atoms with Gasteiger partial charge in [-0.15, -0.1) is 24.0 Å². The summed E-state index contributed by atoms with van der Waals surface area (Å²) in [5.74, 6) is 2.36. The Morgan fingerprint density at radius 3 is 2.45 bits per heavy atom. The van der Waals surface area contributed by atoms with E-state index in [4.69, 9.17) is 9.47 Å². The molecule has 29 heavy (non-hydrogen) atoms. The largest absolute Gasteiger partial charge is 0.497 e. The summed E-state index contributed by atoms with van der Waals surface area (Å²) in [6, 6.07) is 16.3. The highest BCUT2D eigenvalue weighted by Crippen LogP contribution is 2.24. The van der Waals surface area contributed by atoms with Crippen LogP contribution in [0.2, 0.25) is 0 Å². The lowest BCUT2D eigenvalue weighted by Crippen LogP contribution is -2.38. The van der Waals surface area contributed by atoms with Crippen LogP contribution in [0.1, 0.15) is 17.5 Å². The van der Waals surface area contributed by atoms with E-state index in [2.05, 4.69) is 51.8 Å². The highest BCUT2D eigenvalue weighted by Gasteiger charge is 2.06. The molecule has 0 saturated carbocycles. The lowest BCUT2D eigenvalue weighted by molar-refractivity contribution is 0.322. The van der Waals surface area contributed by atoms with Crippen molar-refractivity contribution in [1.29, 1.82) is 0 Å². The number of ether oxygens (including phenoxy) is 2. The van der Waals surface area contributed by atoms with Crippen LogP contribution in [-0.4, -0.2) is 52.3 Å². The first-order valence-corrected chi connectivity index (χ1v) is 9.54. The van der Waals surface area contributed by atoms with Crippen molar-refractivity contribution < 1.29 is 9.47 Å². The number of rotatable bonds is 10. The number of benzene rings is 2. The molecule has 0 radical (unpaired) electrons. The summed E-state index contributed by atoms with van der Waals surface area (Å²) in [6.45, 7) is 3.47. The summed E-state index contributed by atoms with van der Waals surface area (Å²) < 4.78 is 10.7. The Hall–Kier alpha value is -2.00. The van der Waals surface area contributed by atoms with Crippen molar-refractivity contribution in [3.63, 3.8) is 0 Å². The topological polar surface area (TPSA) is 58.1 Å². The van der Waals surface area contributed by atoms with Crippen molar-refractivity contribution in [2.45, 2.75) is 19.5 Å². The van der Waals surface area contributed by atoms with Crippen molar-refractivity contribution >= 4 is 29.9 Å². The molecule has 2 N–H and O–H groups in total. The van der Waals surface area contributed by atoms with Crippen LogP contribution in [0.5, 0.6) is 11.5 Å². The predicted molar refractivity (Wildman–Crippen MR) is 131 cm³/mol. The van der Waals surface area contributed by atoms with Crippen molar-refractivity contribution in [3.8, 4) is 11.5 Å². The number of nitrogens with one attached hydrogen (secondary N) is 2. The first-order chi connectivity index (χ1) is 13.7. The summed E-state index contributed by atoms with van der Waals surface area (Å²) in [7, 11) is 7.24.